The first kappa shape index (κ1) is 27.4. The molecule has 1 saturated heterocycles. The number of carbonyl (C=O) groups excluding carboxylic acids is 1. The van der Waals surface area contributed by atoms with Crippen LogP contribution in [0.3, 0.4) is 0 Å². The average Bonchev–Trinajstić information content (AvgIpc) is 3.48. The summed E-state index contributed by atoms with van der Waals surface area (Å²) in [5, 5.41) is 9.21. The number of hydrogen-bond acceptors (Lipinski definition) is 7. The maximum atomic E-state index is 12.1. The number of benzene rings is 2. The van der Waals surface area contributed by atoms with Gasteiger partial charge >= 0.3 is 5.97 Å². The van der Waals surface area contributed by atoms with Crippen molar-refractivity contribution in [1.29, 1.82) is 0 Å². The summed E-state index contributed by atoms with van der Waals surface area (Å²) >= 11 is 0. The molecule has 1 saturated carbocycles. The standard InChI is InChI=1S/C33H39N5O3/c1-4-40-33(39)26-12-15-37(16-13-26)17-14-28-22(2)18-27(19-23(28)3)31-34-32(41-36-31)29-20-30(25-8-6-5-7-9-25)38(35-29)21-24-10-11-24/h5-9,18-20,24,26H,4,10-17,21H2,1-3H3. The van der Waals surface area contributed by atoms with Crippen LogP contribution in [0.2, 0.25) is 0 Å². The predicted octanol–water partition coefficient (Wildman–Crippen LogP) is 6.11. The van der Waals surface area contributed by atoms with E-state index in [1.54, 1.807) is 0 Å². The molecule has 0 bridgehead atoms. The molecule has 2 fully saturated rings. The Morgan fingerprint density at radius 2 is 1.73 bits per heavy atom. The van der Waals surface area contributed by atoms with Gasteiger partial charge in [0, 0.05) is 18.7 Å². The summed E-state index contributed by atoms with van der Waals surface area (Å²) in [7, 11) is 0. The minimum Gasteiger partial charge on any atom is -0.466 e. The van der Waals surface area contributed by atoms with Gasteiger partial charge in [-0.15, -0.1) is 0 Å². The summed E-state index contributed by atoms with van der Waals surface area (Å²) in [5.41, 5.74) is 7.69. The number of likely N-dealkylation sites (tertiary alicyclic amines) is 1. The van der Waals surface area contributed by atoms with E-state index < -0.39 is 0 Å². The molecule has 0 spiro atoms. The molecule has 1 aliphatic carbocycles. The van der Waals surface area contributed by atoms with Crippen LogP contribution in [-0.2, 0) is 22.5 Å². The third-order valence-corrected chi connectivity index (χ3v) is 8.46. The lowest BCUT2D eigenvalue weighted by Crippen LogP contribution is -2.38. The molecule has 0 N–H and O–H groups in total. The molecule has 2 aliphatic rings. The molecule has 0 radical (unpaired) electrons. The second-order valence-electron chi connectivity index (χ2n) is 11.5. The zero-order valence-electron chi connectivity index (χ0n) is 24.3. The van der Waals surface area contributed by atoms with E-state index in [4.69, 9.17) is 19.3 Å². The number of nitrogens with zero attached hydrogens (tertiary/aromatic N) is 5. The van der Waals surface area contributed by atoms with Crippen LogP contribution in [0.25, 0.3) is 34.2 Å². The van der Waals surface area contributed by atoms with Crippen molar-refractivity contribution < 1.29 is 14.1 Å². The number of rotatable bonds is 10. The lowest BCUT2D eigenvalue weighted by Gasteiger charge is -2.31. The SMILES string of the molecule is CCOC(=O)C1CCN(CCc2c(C)cc(-c3noc(-c4cc(-c5ccccc5)n(CC5CC5)n4)n3)cc2C)CC1. The Morgan fingerprint density at radius 3 is 2.41 bits per heavy atom. The summed E-state index contributed by atoms with van der Waals surface area (Å²) in [4.78, 5) is 19.3. The molecule has 6 rings (SSSR count). The second kappa shape index (κ2) is 12.0. The summed E-state index contributed by atoms with van der Waals surface area (Å²) in [5.74, 6) is 1.73. The van der Waals surface area contributed by atoms with E-state index >= 15 is 0 Å². The third-order valence-electron chi connectivity index (χ3n) is 8.46. The topological polar surface area (TPSA) is 86.3 Å². The van der Waals surface area contributed by atoms with Crippen LogP contribution in [-0.4, -0.2) is 57.0 Å². The third kappa shape index (κ3) is 6.27. The lowest BCUT2D eigenvalue weighted by atomic mass is 9.94. The molecule has 41 heavy (non-hydrogen) atoms. The number of carbonyl (C=O) groups is 1. The highest BCUT2D eigenvalue weighted by Gasteiger charge is 2.27. The highest BCUT2D eigenvalue weighted by molar-refractivity contribution is 5.72. The molecule has 0 unspecified atom stereocenters. The van der Waals surface area contributed by atoms with E-state index in [9.17, 15) is 4.79 Å². The van der Waals surface area contributed by atoms with Gasteiger partial charge in [0.1, 0.15) is 0 Å². The molecular formula is C33H39N5O3. The van der Waals surface area contributed by atoms with Crippen LogP contribution < -0.4 is 0 Å². The van der Waals surface area contributed by atoms with E-state index in [1.165, 1.54) is 29.5 Å². The molecule has 2 aromatic carbocycles. The number of aryl methyl sites for hydroxylation is 2. The number of ether oxygens (including phenoxy) is 1. The molecular weight excluding hydrogens is 514 g/mol. The van der Waals surface area contributed by atoms with Crippen molar-refractivity contribution in [3.8, 4) is 34.2 Å². The number of hydrogen-bond donors (Lipinski definition) is 0. The van der Waals surface area contributed by atoms with Gasteiger partial charge in [0.25, 0.3) is 5.89 Å². The summed E-state index contributed by atoms with van der Waals surface area (Å²) in [6.45, 7) is 10.4. The molecule has 214 valence electrons. The fourth-order valence-corrected chi connectivity index (χ4v) is 5.93. The average molecular weight is 554 g/mol. The molecule has 0 amide bonds. The van der Waals surface area contributed by atoms with Gasteiger partial charge < -0.3 is 14.2 Å². The number of piperidine rings is 1. The molecule has 8 heteroatoms. The maximum absolute atomic E-state index is 12.1. The zero-order chi connectivity index (χ0) is 28.3. The van der Waals surface area contributed by atoms with Gasteiger partial charge in [0.05, 0.1) is 18.2 Å². The maximum Gasteiger partial charge on any atom is 0.309 e. The largest absolute Gasteiger partial charge is 0.466 e. The molecule has 2 aromatic heterocycles. The summed E-state index contributed by atoms with van der Waals surface area (Å²) < 4.78 is 13.0. The lowest BCUT2D eigenvalue weighted by molar-refractivity contribution is -0.149. The van der Waals surface area contributed by atoms with Gasteiger partial charge in [-0.05, 0) is 112 Å². The van der Waals surface area contributed by atoms with Crippen molar-refractivity contribution in [3.63, 3.8) is 0 Å². The van der Waals surface area contributed by atoms with Crippen molar-refractivity contribution >= 4 is 5.97 Å². The minimum atomic E-state index is -0.0395. The highest BCUT2D eigenvalue weighted by Crippen LogP contribution is 2.34. The van der Waals surface area contributed by atoms with E-state index in [0.717, 1.165) is 62.3 Å². The van der Waals surface area contributed by atoms with Crippen molar-refractivity contribution in [2.45, 2.75) is 59.4 Å². The summed E-state index contributed by atoms with van der Waals surface area (Å²) in [6, 6.07) is 16.7. The van der Waals surface area contributed by atoms with Crippen molar-refractivity contribution in [2.24, 2.45) is 11.8 Å². The zero-order valence-corrected chi connectivity index (χ0v) is 24.3. The van der Waals surface area contributed by atoms with Gasteiger partial charge in [-0.2, -0.15) is 10.1 Å². The van der Waals surface area contributed by atoms with Crippen LogP contribution in [0.15, 0.2) is 53.1 Å². The van der Waals surface area contributed by atoms with E-state index in [1.807, 2.05) is 13.0 Å². The van der Waals surface area contributed by atoms with Gasteiger partial charge in [-0.25, -0.2) is 0 Å². The van der Waals surface area contributed by atoms with Crippen LogP contribution in [0.4, 0.5) is 0 Å². The summed E-state index contributed by atoms with van der Waals surface area (Å²) in [6.07, 6.45) is 5.25. The highest BCUT2D eigenvalue weighted by atomic mass is 16.5. The first-order valence-electron chi connectivity index (χ1n) is 14.9. The van der Waals surface area contributed by atoms with Gasteiger partial charge in [-0.1, -0.05) is 35.5 Å². The van der Waals surface area contributed by atoms with Crippen LogP contribution in [0.5, 0.6) is 0 Å². The van der Waals surface area contributed by atoms with E-state index in [-0.39, 0.29) is 11.9 Å². The van der Waals surface area contributed by atoms with Gasteiger partial charge in [0.2, 0.25) is 5.82 Å². The fourth-order valence-electron chi connectivity index (χ4n) is 5.93. The van der Waals surface area contributed by atoms with Crippen molar-refractivity contribution in [3.05, 3.63) is 65.2 Å². The minimum absolute atomic E-state index is 0.0395. The van der Waals surface area contributed by atoms with Crippen molar-refractivity contribution in [1.82, 2.24) is 24.8 Å². The quantitative estimate of drug-likeness (QED) is 0.219. The first-order chi connectivity index (χ1) is 20.0. The Balaban J connectivity index is 1.14. The van der Waals surface area contributed by atoms with E-state index in [0.29, 0.717) is 29.9 Å². The Bertz CT molecular complexity index is 1470. The molecule has 8 nitrogen and oxygen atoms in total. The second-order valence-corrected chi connectivity index (χ2v) is 11.5. The molecule has 1 aliphatic heterocycles. The Hall–Kier alpha value is -3.78. The first-order valence-corrected chi connectivity index (χ1v) is 14.9. The van der Waals surface area contributed by atoms with Crippen LogP contribution >= 0.6 is 0 Å². The number of esters is 1. The fraction of sp³-hybridized carbons (Fsp3) is 0.455. The normalized spacial score (nSPS) is 16.3. The molecule has 0 atom stereocenters. The van der Waals surface area contributed by atoms with Crippen molar-refractivity contribution in [2.75, 3.05) is 26.2 Å². The van der Waals surface area contributed by atoms with Crippen LogP contribution in [0.1, 0.15) is 49.3 Å². The van der Waals surface area contributed by atoms with Gasteiger partial charge in [-0.3, -0.25) is 9.48 Å². The Morgan fingerprint density at radius 1 is 1.00 bits per heavy atom. The predicted molar refractivity (Wildman–Crippen MR) is 158 cm³/mol. The number of aromatic nitrogens is 4. The Kier molecular flexibility index (Phi) is 8.01. The molecule has 3 heterocycles. The monoisotopic (exact) mass is 553 g/mol. The van der Waals surface area contributed by atoms with E-state index in [2.05, 4.69) is 71.1 Å². The van der Waals surface area contributed by atoms with Gasteiger partial charge in [0.15, 0.2) is 5.69 Å². The van der Waals surface area contributed by atoms with Crippen LogP contribution in [0, 0.1) is 25.7 Å². The molecule has 4 aromatic rings. The smallest absolute Gasteiger partial charge is 0.309 e. The Labute approximate surface area is 241 Å².